The van der Waals surface area contributed by atoms with Crippen molar-refractivity contribution < 1.29 is 23.1 Å². The number of nitrogen functional groups attached to an aromatic ring is 1. The molecule has 1 atom stereocenters. The Labute approximate surface area is 108 Å². The minimum atomic E-state index is -5.08. The van der Waals surface area contributed by atoms with Crippen molar-refractivity contribution in [2.45, 2.75) is 31.7 Å². The highest BCUT2D eigenvalue weighted by Gasteiger charge is 2.57. The van der Waals surface area contributed by atoms with Gasteiger partial charge in [0, 0.05) is 17.7 Å². The molecule has 0 bridgehead atoms. The van der Waals surface area contributed by atoms with Gasteiger partial charge < -0.3 is 16.2 Å². The van der Waals surface area contributed by atoms with Crippen molar-refractivity contribution in [2.75, 3.05) is 5.73 Å². The molecule has 0 heterocycles. The van der Waals surface area contributed by atoms with Gasteiger partial charge in [-0.1, -0.05) is 25.1 Å². The Morgan fingerprint density at radius 1 is 1.37 bits per heavy atom. The number of rotatable bonds is 4. The fourth-order valence-electron chi connectivity index (χ4n) is 1.61. The van der Waals surface area contributed by atoms with Crippen LogP contribution in [0.1, 0.15) is 25.3 Å². The van der Waals surface area contributed by atoms with Gasteiger partial charge in [-0.25, -0.2) is 0 Å². The van der Waals surface area contributed by atoms with E-state index in [-0.39, 0.29) is 12.1 Å². The number of hydrogen-bond donors (Lipinski definition) is 3. The van der Waals surface area contributed by atoms with Crippen molar-refractivity contribution in [1.29, 1.82) is 0 Å². The van der Waals surface area contributed by atoms with E-state index in [1.165, 1.54) is 18.2 Å². The lowest BCUT2D eigenvalue weighted by Gasteiger charge is -2.32. The molecule has 1 aromatic carbocycles. The first kappa shape index (κ1) is 15.3. The topological polar surface area (TPSA) is 75.3 Å². The first-order valence-corrected chi connectivity index (χ1v) is 5.67. The Bertz CT molecular complexity index is 463. The Morgan fingerprint density at radius 2 is 1.95 bits per heavy atom. The van der Waals surface area contributed by atoms with E-state index in [2.05, 4.69) is 0 Å². The highest BCUT2D eigenvalue weighted by atomic mass is 19.4. The van der Waals surface area contributed by atoms with E-state index in [9.17, 15) is 23.1 Å². The maximum absolute atomic E-state index is 13.1. The van der Waals surface area contributed by atoms with E-state index < -0.39 is 23.4 Å². The number of benzene rings is 1. The van der Waals surface area contributed by atoms with Gasteiger partial charge in [-0.05, 0) is 12.5 Å². The molecule has 0 fully saturated rings. The number of aliphatic hydroxyl groups is 1. The fraction of sp³-hybridized carbons (Fsp3) is 0.417. The van der Waals surface area contributed by atoms with Gasteiger partial charge in [0.15, 0.2) is 0 Å². The van der Waals surface area contributed by atoms with Crippen LogP contribution in [-0.4, -0.2) is 17.2 Å². The Hall–Kier alpha value is -1.76. The van der Waals surface area contributed by atoms with Crippen molar-refractivity contribution in [3.05, 3.63) is 29.8 Å². The molecule has 0 aromatic heterocycles. The van der Waals surface area contributed by atoms with Gasteiger partial charge in [0.1, 0.15) is 0 Å². The summed E-state index contributed by atoms with van der Waals surface area (Å²) in [5.41, 5.74) is 1.12. The fourth-order valence-corrected chi connectivity index (χ4v) is 1.61. The van der Waals surface area contributed by atoms with Gasteiger partial charge >= 0.3 is 6.18 Å². The first-order valence-electron chi connectivity index (χ1n) is 5.67. The summed E-state index contributed by atoms with van der Waals surface area (Å²) in [6.45, 7) is 1.64. The van der Waals surface area contributed by atoms with Gasteiger partial charge in [0.2, 0.25) is 5.91 Å². The van der Waals surface area contributed by atoms with Crippen LogP contribution in [0.15, 0.2) is 24.3 Å². The summed E-state index contributed by atoms with van der Waals surface area (Å²) in [7, 11) is 0. The lowest BCUT2D eigenvalue weighted by Crippen LogP contribution is -2.56. The number of carbonyl (C=O) groups excluding carboxylic acids is 1. The molecule has 4 nitrogen and oxygen atoms in total. The van der Waals surface area contributed by atoms with Gasteiger partial charge in [-0.3, -0.25) is 4.79 Å². The van der Waals surface area contributed by atoms with Crippen LogP contribution in [0.2, 0.25) is 0 Å². The summed E-state index contributed by atoms with van der Waals surface area (Å²) in [5.74, 6) is -0.898. The molecule has 7 heteroatoms. The number of carbonyl (C=O) groups is 1. The molecule has 4 N–H and O–H groups in total. The molecule has 0 spiro atoms. The SMILES string of the molecule is CCCC(=O)N[C@](O)(c1ccccc1N)C(F)(F)F. The maximum atomic E-state index is 13.1. The largest absolute Gasteiger partial charge is 0.441 e. The zero-order valence-corrected chi connectivity index (χ0v) is 10.3. The predicted octanol–water partition coefficient (Wildman–Crippen LogP) is 1.89. The van der Waals surface area contributed by atoms with E-state index in [4.69, 9.17) is 5.73 Å². The number of hydrogen-bond acceptors (Lipinski definition) is 3. The molecule has 19 heavy (non-hydrogen) atoms. The second kappa shape index (κ2) is 5.48. The number of amides is 1. The molecule has 0 aliphatic heterocycles. The van der Waals surface area contributed by atoms with Gasteiger partial charge in [0.25, 0.3) is 5.72 Å². The summed E-state index contributed by atoms with van der Waals surface area (Å²) in [4.78, 5) is 11.4. The number of nitrogens with two attached hydrogens (primary N) is 1. The highest BCUT2D eigenvalue weighted by Crippen LogP contribution is 2.39. The summed E-state index contributed by atoms with van der Waals surface area (Å²) in [6.07, 6.45) is -4.83. The van der Waals surface area contributed by atoms with E-state index in [1.54, 1.807) is 12.2 Å². The highest BCUT2D eigenvalue weighted by molar-refractivity contribution is 5.77. The summed E-state index contributed by atoms with van der Waals surface area (Å²) < 4.78 is 39.2. The van der Waals surface area contributed by atoms with Crippen molar-refractivity contribution in [3.8, 4) is 0 Å². The van der Waals surface area contributed by atoms with E-state index in [0.29, 0.717) is 6.42 Å². The molecule has 1 aromatic rings. The third-order valence-corrected chi connectivity index (χ3v) is 2.56. The Kier molecular flexibility index (Phi) is 4.41. The molecular formula is C12H15F3N2O2. The minimum absolute atomic E-state index is 0.120. The summed E-state index contributed by atoms with van der Waals surface area (Å²) >= 11 is 0. The second-order valence-electron chi connectivity index (χ2n) is 4.09. The average Bonchev–Trinajstić information content (AvgIpc) is 2.28. The van der Waals surface area contributed by atoms with Crippen LogP contribution < -0.4 is 11.1 Å². The van der Waals surface area contributed by atoms with Crippen LogP contribution >= 0.6 is 0 Å². The number of anilines is 1. The van der Waals surface area contributed by atoms with Gasteiger partial charge in [-0.2, -0.15) is 13.2 Å². The molecule has 0 aliphatic rings. The van der Waals surface area contributed by atoms with E-state index in [1.807, 2.05) is 0 Å². The van der Waals surface area contributed by atoms with E-state index >= 15 is 0 Å². The second-order valence-corrected chi connectivity index (χ2v) is 4.09. The van der Waals surface area contributed by atoms with Crippen LogP contribution in [-0.2, 0) is 10.5 Å². The van der Waals surface area contributed by atoms with Gasteiger partial charge in [-0.15, -0.1) is 0 Å². The third-order valence-electron chi connectivity index (χ3n) is 2.56. The monoisotopic (exact) mass is 276 g/mol. The van der Waals surface area contributed by atoms with Gasteiger partial charge in [0.05, 0.1) is 0 Å². The summed E-state index contributed by atoms with van der Waals surface area (Å²) in [5, 5.41) is 11.5. The quantitative estimate of drug-likeness (QED) is 0.580. The van der Waals surface area contributed by atoms with Crippen molar-refractivity contribution in [2.24, 2.45) is 0 Å². The molecule has 106 valence electrons. The standard InChI is InChI=1S/C12H15F3N2O2/c1-2-5-10(18)17-11(19,12(13,14)15)8-6-3-4-7-9(8)16/h3-4,6-7,19H,2,5,16H2,1H3,(H,17,18)/t11-/m0/s1. The number of para-hydroxylation sites is 1. The maximum Gasteiger partial charge on any atom is 0.441 e. The normalized spacial score (nSPS) is 14.8. The summed E-state index contributed by atoms with van der Waals surface area (Å²) in [6, 6.07) is 4.98. The molecule has 0 unspecified atom stereocenters. The molecule has 1 amide bonds. The predicted molar refractivity (Wildman–Crippen MR) is 63.9 cm³/mol. The average molecular weight is 276 g/mol. The molecule has 0 aliphatic carbocycles. The first-order chi connectivity index (χ1) is 8.72. The molecule has 1 rings (SSSR count). The number of alkyl halides is 3. The Morgan fingerprint density at radius 3 is 2.42 bits per heavy atom. The van der Waals surface area contributed by atoms with Crippen LogP contribution in [0.3, 0.4) is 0 Å². The lowest BCUT2D eigenvalue weighted by atomic mass is 9.99. The zero-order valence-electron chi connectivity index (χ0n) is 10.3. The molecule has 0 saturated carbocycles. The number of nitrogens with one attached hydrogen (secondary N) is 1. The van der Waals surface area contributed by atoms with Crippen LogP contribution in [0, 0.1) is 0 Å². The lowest BCUT2D eigenvalue weighted by molar-refractivity contribution is -0.277. The Balaban J connectivity index is 3.22. The third kappa shape index (κ3) is 3.17. The van der Waals surface area contributed by atoms with Crippen molar-refractivity contribution in [1.82, 2.24) is 5.32 Å². The molecule has 0 saturated heterocycles. The van der Waals surface area contributed by atoms with Crippen LogP contribution in [0.4, 0.5) is 18.9 Å². The van der Waals surface area contributed by atoms with Crippen molar-refractivity contribution >= 4 is 11.6 Å². The minimum Gasteiger partial charge on any atom is -0.398 e. The van der Waals surface area contributed by atoms with Crippen LogP contribution in [0.25, 0.3) is 0 Å². The van der Waals surface area contributed by atoms with Crippen molar-refractivity contribution in [3.63, 3.8) is 0 Å². The molecular weight excluding hydrogens is 261 g/mol. The zero-order chi connectivity index (χ0) is 14.7. The number of halogens is 3. The van der Waals surface area contributed by atoms with Crippen LogP contribution in [0.5, 0.6) is 0 Å². The smallest absolute Gasteiger partial charge is 0.398 e. The van der Waals surface area contributed by atoms with E-state index in [0.717, 1.165) is 6.07 Å². The molecule has 0 radical (unpaired) electrons.